The maximum absolute atomic E-state index is 13.4. The molecule has 0 aliphatic carbocycles. The van der Waals surface area contributed by atoms with Gasteiger partial charge in [-0.3, -0.25) is 4.79 Å². The molecule has 1 amide bonds. The highest BCUT2D eigenvalue weighted by atomic mass is 32.2. The SMILES string of the molecule is NS(=O)(=O)c1ccc(CNC(=O)c2c(F)cccc2F)s1. The van der Waals surface area contributed by atoms with Crippen molar-refractivity contribution < 1.29 is 22.0 Å². The van der Waals surface area contributed by atoms with Gasteiger partial charge < -0.3 is 5.32 Å². The molecule has 0 aliphatic heterocycles. The summed E-state index contributed by atoms with van der Waals surface area (Å²) < 4.78 is 48.9. The molecule has 21 heavy (non-hydrogen) atoms. The number of sulfonamides is 1. The fraction of sp³-hybridized carbons (Fsp3) is 0.0833. The van der Waals surface area contributed by atoms with Crippen molar-refractivity contribution in [1.29, 1.82) is 0 Å². The van der Waals surface area contributed by atoms with Gasteiger partial charge in [0.1, 0.15) is 21.4 Å². The lowest BCUT2D eigenvalue weighted by molar-refractivity contribution is 0.0943. The Morgan fingerprint density at radius 2 is 1.81 bits per heavy atom. The number of halogens is 2. The largest absolute Gasteiger partial charge is 0.347 e. The molecule has 1 heterocycles. The smallest absolute Gasteiger partial charge is 0.257 e. The van der Waals surface area contributed by atoms with E-state index in [1.54, 1.807) is 0 Å². The van der Waals surface area contributed by atoms with Gasteiger partial charge in [0.2, 0.25) is 10.0 Å². The normalized spacial score (nSPS) is 11.4. The first kappa shape index (κ1) is 15.5. The van der Waals surface area contributed by atoms with Gasteiger partial charge in [-0.15, -0.1) is 11.3 Å². The second-order valence-corrected chi connectivity index (χ2v) is 7.00. The fourth-order valence-electron chi connectivity index (χ4n) is 1.58. The average Bonchev–Trinajstić information content (AvgIpc) is 2.84. The second kappa shape index (κ2) is 5.88. The first-order valence-electron chi connectivity index (χ1n) is 5.63. The zero-order valence-corrected chi connectivity index (χ0v) is 12.1. The molecule has 0 bridgehead atoms. The average molecular weight is 332 g/mol. The van der Waals surface area contributed by atoms with Gasteiger partial charge in [-0.2, -0.15) is 0 Å². The van der Waals surface area contributed by atoms with Crippen molar-refractivity contribution in [2.75, 3.05) is 0 Å². The molecule has 0 atom stereocenters. The number of amides is 1. The third kappa shape index (κ3) is 3.63. The van der Waals surface area contributed by atoms with Crippen molar-refractivity contribution in [2.45, 2.75) is 10.8 Å². The Morgan fingerprint density at radius 3 is 2.33 bits per heavy atom. The second-order valence-electron chi connectivity index (χ2n) is 4.05. The van der Waals surface area contributed by atoms with E-state index in [9.17, 15) is 22.0 Å². The van der Waals surface area contributed by atoms with Gasteiger partial charge in [0, 0.05) is 4.88 Å². The molecule has 0 fully saturated rings. The van der Waals surface area contributed by atoms with Gasteiger partial charge >= 0.3 is 0 Å². The summed E-state index contributed by atoms with van der Waals surface area (Å²) in [7, 11) is -3.80. The standard InChI is InChI=1S/C12H10F2N2O3S2/c13-8-2-1-3-9(14)11(8)12(17)16-6-7-4-5-10(20-7)21(15,18)19/h1-5H,6H2,(H,16,17)(H2,15,18,19). The van der Waals surface area contributed by atoms with Crippen LogP contribution in [0.15, 0.2) is 34.5 Å². The Kier molecular flexibility index (Phi) is 4.35. The van der Waals surface area contributed by atoms with E-state index in [0.29, 0.717) is 4.88 Å². The number of nitrogens with one attached hydrogen (secondary N) is 1. The molecule has 0 saturated carbocycles. The van der Waals surface area contributed by atoms with E-state index < -0.39 is 33.1 Å². The predicted molar refractivity (Wildman–Crippen MR) is 73.2 cm³/mol. The van der Waals surface area contributed by atoms with E-state index in [1.165, 1.54) is 12.1 Å². The molecule has 9 heteroatoms. The first-order chi connectivity index (χ1) is 9.79. The van der Waals surface area contributed by atoms with E-state index in [-0.39, 0.29) is 10.8 Å². The number of nitrogens with two attached hydrogens (primary N) is 1. The summed E-state index contributed by atoms with van der Waals surface area (Å²) >= 11 is 0.870. The highest BCUT2D eigenvalue weighted by Gasteiger charge is 2.17. The summed E-state index contributed by atoms with van der Waals surface area (Å²) in [6, 6.07) is 5.86. The molecule has 1 aromatic heterocycles. The summed E-state index contributed by atoms with van der Waals surface area (Å²) in [5, 5.41) is 7.27. The third-order valence-electron chi connectivity index (χ3n) is 2.53. The van der Waals surface area contributed by atoms with Gasteiger partial charge in [-0.05, 0) is 24.3 Å². The number of carbonyl (C=O) groups excluding carboxylic acids is 1. The maximum Gasteiger partial charge on any atom is 0.257 e. The van der Waals surface area contributed by atoms with Crippen molar-refractivity contribution in [3.8, 4) is 0 Å². The van der Waals surface area contributed by atoms with Crippen LogP contribution in [0.2, 0.25) is 0 Å². The van der Waals surface area contributed by atoms with Gasteiger partial charge in [-0.1, -0.05) is 6.07 Å². The Morgan fingerprint density at radius 1 is 1.19 bits per heavy atom. The van der Waals surface area contributed by atoms with Crippen LogP contribution in [0.5, 0.6) is 0 Å². The van der Waals surface area contributed by atoms with Crippen LogP contribution in [-0.2, 0) is 16.6 Å². The summed E-state index contributed by atoms with van der Waals surface area (Å²) in [5.41, 5.74) is -0.680. The molecule has 0 aliphatic rings. The first-order valence-corrected chi connectivity index (χ1v) is 7.99. The van der Waals surface area contributed by atoms with Crippen molar-refractivity contribution in [2.24, 2.45) is 5.14 Å². The van der Waals surface area contributed by atoms with Gasteiger partial charge in [0.05, 0.1) is 6.54 Å². The summed E-state index contributed by atoms with van der Waals surface area (Å²) in [5.74, 6) is -2.86. The van der Waals surface area contributed by atoms with Crippen molar-refractivity contribution in [3.05, 3.63) is 52.4 Å². The monoisotopic (exact) mass is 332 g/mol. The Balaban J connectivity index is 2.10. The summed E-state index contributed by atoms with van der Waals surface area (Å²) in [6.45, 7) is -0.0627. The van der Waals surface area contributed by atoms with Crippen LogP contribution in [0.4, 0.5) is 8.78 Å². The number of hydrogen-bond acceptors (Lipinski definition) is 4. The van der Waals surface area contributed by atoms with Crippen molar-refractivity contribution >= 4 is 27.3 Å². The lowest BCUT2D eigenvalue weighted by atomic mass is 10.2. The molecule has 3 N–H and O–H groups in total. The summed E-state index contributed by atoms with van der Waals surface area (Å²) in [4.78, 5) is 12.2. The molecular weight excluding hydrogens is 322 g/mol. The van der Waals surface area contributed by atoms with E-state index in [4.69, 9.17) is 5.14 Å². The minimum Gasteiger partial charge on any atom is -0.347 e. The van der Waals surface area contributed by atoms with E-state index in [0.717, 1.165) is 29.5 Å². The molecule has 112 valence electrons. The zero-order chi connectivity index (χ0) is 15.6. The highest BCUT2D eigenvalue weighted by Crippen LogP contribution is 2.20. The number of thiophene rings is 1. The van der Waals surface area contributed by atoms with Crippen LogP contribution in [-0.4, -0.2) is 14.3 Å². The lowest BCUT2D eigenvalue weighted by Crippen LogP contribution is -2.24. The Labute approximate surface area is 123 Å². The number of carbonyl (C=O) groups is 1. The molecule has 0 spiro atoms. The van der Waals surface area contributed by atoms with Crippen molar-refractivity contribution in [3.63, 3.8) is 0 Å². The zero-order valence-electron chi connectivity index (χ0n) is 10.5. The van der Waals surface area contributed by atoms with E-state index >= 15 is 0 Å². The number of benzene rings is 1. The van der Waals surface area contributed by atoms with Gasteiger partial charge in [0.15, 0.2) is 0 Å². The number of rotatable bonds is 4. The molecule has 2 aromatic rings. The van der Waals surface area contributed by atoms with Crippen LogP contribution in [0, 0.1) is 11.6 Å². The van der Waals surface area contributed by atoms with Crippen LogP contribution < -0.4 is 10.5 Å². The molecular formula is C12H10F2N2O3S2. The van der Waals surface area contributed by atoms with Crippen LogP contribution in [0.1, 0.15) is 15.2 Å². The minimum absolute atomic E-state index is 0.0520. The fourth-order valence-corrected chi connectivity index (χ4v) is 3.30. The third-order valence-corrected chi connectivity index (χ3v) is 5.05. The molecule has 5 nitrogen and oxygen atoms in total. The van der Waals surface area contributed by atoms with Crippen LogP contribution in [0.25, 0.3) is 0 Å². The molecule has 0 radical (unpaired) electrons. The topological polar surface area (TPSA) is 89.3 Å². The highest BCUT2D eigenvalue weighted by molar-refractivity contribution is 7.91. The lowest BCUT2D eigenvalue weighted by Gasteiger charge is -2.05. The maximum atomic E-state index is 13.4. The Bertz CT molecular complexity index is 767. The molecule has 0 saturated heterocycles. The molecule has 2 rings (SSSR count). The predicted octanol–water partition coefficient (Wildman–Crippen LogP) is 1.60. The quantitative estimate of drug-likeness (QED) is 0.891. The van der Waals surface area contributed by atoms with Crippen molar-refractivity contribution in [1.82, 2.24) is 5.32 Å². The van der Waals surface area contributed by atoms with Gasteiger partial charge in [-0.25, -0.2) is 22.3 Å². The minimum atomic E-state index is -3.80. The van der Waals surface area contributed by atoms with Crippen LogP contribution >= 0.6 is 11.3 Å². The Hall–Kier alpha value is -1.84. The number of primary sulfonamides is 1. The van der Waals surface area contributed by atoms with E-state index in [2.05, 4.69) is 5.32 Å². The number of hydrogen-bond donors (Lipinski definition) is 2. The van der Waals surface area contributed by atoms with E-state index in [1.807, 2.05) is 0 Å². The van der Waals surface area contributed by atoms with Gasteiger partial charge in [0.25, 0.3) is 5.91 Å². The molecule has 1 aromatic carbocycles. The van der Waals surface area contributed by atoms with Crippen LogP contribution in [0.3, 0.4) is 0 Å². The summed E-state index contributed by atoms with van der Waals surface area (Å²) in [6.07, 6.45) is 0. The molecule has 0 unspecified atom stereocenters.